The topological polar surface area (TPSA) is 160 Å². The van der Waals surface area contributed by atoms with Crippen molar-refractivity contribution in [2.45, 2.75) is 70.4 Å². The molecule has 13 heteroatoms. The fourth-order valence-corrected chi connectivity index (χ4v) is 7.16. The van der Waals surface area contributed by atoms with E-state index in [9.17, 15) is 29.1 Å². The van der Waals surface area contributed by atoms with Gasteiger partial charge in [-0.05, 0) is 55.4 Å². The molecule has 3 aromatic rings. The summed E-state index contributed by atoms with van der Waals surface area (Å²) in [4.78, 5) is 69.3. The van der Waals surface area contributed by atoms with Crippen LogP contribution in [0.2, 0.25) is 0 Å². The molecule has 0 saturated carbocycles. The second-order valence-electron chi connectivity index (χ2n) is 11.8. The average molecular weight is 604 g/mol. The predicted octanol–water partition coefficient (Wildman–Crippen LogP) is 0.978. The quantitative estimate of drug-likeness (QED) is 0.217. The highest BCUT2D eigenvalue weighted by Crippen LogP contribution is 2.46. The Morgan fingerprint density at radius 1 is 1.23 bits per heavy atom. The molecule has 228 valence electrons. The predicted molar refractivity (Wildman–Crippen MR) is 153 cm³/mol. The molecule has 1 saturated heterocycles. The van der Waals surface area contributed by atoms with E-state index in [1.807, 2.05) is 0 Å². The molecular formula is C31H30FN5O7. The summed E-state index contributed by atoms with van der Waals surface area (Å²) in [7, 11) is 0. The first-order valence-electron chi connectivity index (χ1n) is 14.7. The maximum atomic E-state index is 15.1. The molecular weight excluding hydrogens is 573 g/mol. The number of benzene rings is 1. The number of nitrogens with zero attached hydrogens (tertiary/aromatic N) is 3. The minimum atomic E-state index is -1.99. The number of ether oxygens (including phenoxy) is 1. The lowest BCUT2D eigenvalue weighted by molar-refractivity contribution is -0.172. The van der Waals surface area contributed by atoms with E-state index in [0.717, 1.165) is 16.5 Å². The summed E-state index contributed by atoms with van der Waals surface area (Å²) in [5.41, 5.74) is 1.85. The van der Waals surface area contributed by atoms with Crippen LogP contribution in [0.5, 0.6) is 0 Å². The van der Waals surface area contributed by atoms with E-state index in [0.29, 0.717) is 60.2 Å². The molecule has 7 rings (SSSR count). The van der Waals surface area contributed by atoms with Crippen LogP contribution in [0, 0.1) is 12.7 Å². The van der Waals surface area contributed by atoms with Crippen LogP contribution in [0.1, 0.15) is 65.6 Å². The summed E-state index contributed by atoms with van der Waals surface area (Å²) in [6.07, 6.45) is 1.85. The molecule has 3 unspecified atom stereocenters. The standard InChI is InChI=1S/C31H30FN5O7/c1-3-31(43)18-8-23-27-16(11-37(23)29(41)17(18)12-44-30(31)42)26-20(5-4-15-14(2)19(32)9-21(34-27)25(15)26)35-28(40)22-6-7-36(22)24(39)10-33-13-38/h8-9,13,20,22,43H,3-7,10-12H2,1-2H3,(H,33,38)(H,35,40). The van der Waals surface area contributed by atoms with Crippen LogP contribution in [0.25, 0.3) is 22.3 Å². The van der Waals surface area contributed by atoms with E-state index in [4.69, 9.17) is 9.72 Å². The van der Waals surface area contributed by atoms with Crippen LogP contribution < -0.4 is 16.2 Å². The number of nitrogens with one attached hydrogen (secondary N) is 2. The van der Waals surface area contributed by atoms with Crippen molar-refractivity contribution in [3.05, 3.63) is 61.7 Å². The maximum absolute atomic E-state index is 15.1. The van der Waals surface area contributed by atoms with Crippen molar-refractivity contribution in [2.75, 3.05) is 13.1 Å². The number of rotatable bonds is 6. The van der Waals surface area contributed by atoms with Gasteiger partial charge in [-0.1, -0.05) is 6.92 Å². The number of carbonyl (C=O) groups excluding carboxylic acids is 4. The van der Waals surface area contributed by atoms with Gasteiger partial charge in [0.25, 0.3) is 5.56 Å². The third-order valence-corrected chi connectivity index (χ3v) is 9.67. The molecule has 3 atom stereocenters. The number of aryl methyl sites for hydroxylation is 1. The molecule has 3 N–H and O–H groups in total. The zero-order chi connectivity index (χ0) is 31.1. The molecule has 1 fully saturated rings. The number of likely N-dealkylation sites (tertiary alicyclic amines) is 1. The number of carbonyl (C=O) groups is 4. The summed E-state index contributed by atoms with van der Waals surface area (Å²) in [5.74, 6) is -1.94. The van der Waals surface area contributed by atoms with Gasteiger partial charge in [0.1, 0.15) is 18.5 Å². The Bertz CT molecular complexity index is 1890. The van der Waals surface area contributed by atoms with Crippen molar-refractivity contribution in [2.24, 2.45) is 0 Å². The van der Waals surface area contributed by atoms with Gasteiger partial charge in [0.15, 0.2) is 5.60 Å². The number of halogens is 1. The van der Waals surface area contributed by atoms with Crippen molar-refractivity contribution in [1.82, 2.24) is 25.1 Å². The fourth-order valence-electron chi connectivity index (χ4n) is 7.16. The van der Waals surface area contributed by atoms with Crippen molar-refractivity contribution < 1.29 is 33.4 Å². The lowest BCUT2D eigenvalue weighted by Crippen LogP contribution is -2.60. The minimum absolute atomic E-state index is 0.00116. The Morgan fingerprint density at radius 3 is 2.73 bits per heavy atom. The maximum Gasteiger partial charge on any atom is 0.343 e. The Hall–Kier alpha value is -4.65. The number of amides is 3. The normalized spacial score (nSPS) is 22.8. The van der Waals surface area contributed by atoms with Crippen molar-refractivity contribution in [3.8, 4) is 11.4 Å². The monoisotopic (exact) mass is 603 g/mol. The summed E-state index contributed by atoms with van der Waals surface area (Å²) >= 11 is 0. The van der Waals surface area contributed by atoms with Gasteiger partial charge in [0.2, 0.25) is 18.2 Å². The van der Waals surface area contributed by atoms with E-state index in [1.165, 1.54) is 15.5 Å². The number of aliphatic hydroxyl groups is 1. The van der Waals surface area contributed by atoms with Gasteiger partial charge in [-0.25, -0.2) is 14.2 Å². The average Bonchev–Trinajstić information content (AvgIpc) is 3.35. The highest BCUT2D eigenvalue weighted by atomic mass is 19.1. The SMILES string of the molecule is CCC1(O)C(=O)OCc2c1cc1n(c2=O)Cc2c-1nc1cc(F)c(C)c3c1c2C(NC(=O)C1CCN1C(=O)CNC=O)CC3. The number of cyclic esters (lactones) is 1. The summed E-state index contributed by atoms with van der Waals surface area (Å²) in [5, 5.41) is 17.4. The summed E-state index contributed by atoms with van der Waals surface area (Å²) < 4.78 is 21.8. The van der Waals surface area contributed by atoms with E-state index in [2.05, 4.69) is 10.6 Å². The molecule has 0 radical (unpaired) electrons. The molecule has 12 nitrogen and oxygen atoms in total. The van der Waals surface area contributed by atoms with E-state index in [-0.39, 0.29) is 49.1 Å². The van der Waals surface area contributed by atoms with E-state index >= 15 is 4.39 Å². The first kappa shape index (κ1) is 28.1. The van der Waals surface area contributed by atoms with Crippen molar-refractivity contribution in [3.63, 3.8) is 0 Å². The summed E-state index contributed by atoms with van der Waals surface area (Å²) in [6.45, 7) is 3.40. The molecule has 2 aromatic heterocycles. The van der Waals surface area contributed by atoms with Gasteiger partial charge in [0, 0.05) is 29.1 Å². The molecule has 5 heterocycles. The fraction of sp³-hybridized carbons (Fsp3) is 0.419. The number of hydrogen-bond donors (Lipinski definition) is 3. The Balaban J connectivity index is 1.35. The minimum Gasteiger partial charge on any atom is -0.458 e. The number of esters is 1. The third-order valence-electron chi connectivity index (χ3n) is 9.67. The van der Waals surface area contributed by atoms with Crippen LogP contribution in [-0.2, 0) is 49.1 Å². The van der Waals surface area contributed by atoms with E-state index < -0.39 is 35.0 Å². The molecule has 44 heavy (non-hydrogen) atoms. The van der Waals surface area contributed by atoms with Crippen molar-refractivity contribution >= 4 is 35.1 Å². The number of aromatic nitrogens is 2. The zero-order valence-electron chi connectivity index (χ0n) is 24.2. The second-order valence-corrected chi connectivity index (χ2v) is 11.8. The zero-order valence-corrected chi connectivity index (χ0v) is 24.2. The molecule has 3 aliphatic heterocycles. The van der Waals surface area contributed by atoms with Crippen LogP contribution in [0.3, 0.4) is 0 Å². The molecule has 1 aromatic carbocycles. The smallest absolute Gasteiger partial charge is 0.343 e. The number of fused-ring (bicyclic) bond motifs is 5. The van der Waals surface area contributed by atoms with Crippen LogP contribution in [-0.4, -0.2) is 62.9 Å². The van der Waals surface area contributed by atoms with Crippen LogP contribution in [0.15, 0.2) is 16.9 Å². The van der Waals surface area contributed by atoms with Gasteiger partial charge in [-0.3, -0.25) is 19.2 Å². The third kappa shape index (κ3) is 3.84. The molecule has 4 aliphatic rings. The number of hydrogen-bond acceptors (Lipinski definition) is 8. The van der Waals surface area contributed by atoms with Gasteiger partial charge in [0.05, 0.1) is 41.6 Å². The second kappa shape index (κ2) is 9.94. The Labute approximate surface area is 250 Å². The summed E-state index contributed by atoms with van der Waals surface area (Å²) in [6, 6.07) is 1.76. The lowest BCUT2D eigenvalue weighted by Gasteiger charge is -2.41. The van der Waals surface area contributed by atoms with Crippen LogP contribution >= 0.6 is 0 Å². The first-order chi connectivity index (χ1) is 21.1. The van der Waals surface area contributed by atoms with Crippen molar-refractivity contribution in [1.29, 1.82) is 0 Å². The van der Waals surface area contributed by atoms with Gasteiger partial charge in [-0.15, -0.1) is 0 Å². The van der Waals surface area contributed by atoms with Gasteiger partial charge in [-0.2, -0.15) is 0 Å². The largest absolute Gasteiger partial charge is 0.458 e. The first-order valence-corrected chi connectivity index (χ1v) is 14.7. The van der Waals surface area contributed by atoms with Gasteiger partial charge < -0.3 is 29.9 Å². The molecule has 1 aliphatic carbocycles. The Morgan fingerprint density at radius 2 is 2.02 bits per heavy atom. The molecule has 3 amide bonds. The Kier molecular flexibility index (Phi) is 6.36. The lowest BCUT2D eigenvalue weighted by atomic mass is 9.81. The van der Waals surface area contributed by atoms with Gasteiger partial charge >= 0.3 is 5.97 Å². The van der Waals surface area contributed by atoms with Crippen LogP contribution in [0.4, 0.5) is 4.39 Å². The highest BCUT2D eigenvalue weighted by Gasteiger charge is 2.46. The highest BCUT2D eigenvalue weighted by molar-refractivity contribution is 5.95. The molecule has 0 spiro atoms. The molecule has 0 bridgehead atoms. The number of pyridine rings is 2. The van der Waals surface area contributed by atoms with E-state index in [1.54, 1.807) is 19.9 Å².